The molecule has 0 aliphatic rings. The van der Waals surface area contributed by atoms with Gasteiger partial charge in [0.15, 0.2) is 0 Å². The topological polar surface area (TPSA) is 46.9 Å². The summed E-state index contributed by atoms with van der Waals surface area (Å²) in [4.78, 5) is 11.4. The summed E-state index contributed by atoms with van der Waals surface area (Å²) in [5.74, 6) is -0.0851. The lowest BCUT2D eigenvalue weighted by atomic mass is 10.2. The number of hydrogen-bond donors (Lipinski definition) is 1. The van der Waals surface area contributed by atoms with E-state index in [0.717, 1.165) is 6.42 Å². The summed E-state index contributed by atoms with van der Waals surface area (Å²) in [6.07, 6.45) is 2.46. The standard InChI is InChI=1S/C12H13F2N3O/c1-2-3-11(18)15-9-4-5-10-8(6-9)7-17(16-10)12(13)14/h4-7,12H,2-3H2,1H3,(H,15,18). The number of rotatable bonds is 4. The first-order chi connectivity index (χ1) is 8.60. The third-order valence-corrected chi connectivity index (χ3v) is 2.48. The predicted octanol–water partition coefficient (Wildman–Crippen LogP) is 3.17. The van der Waals surface area contributed by atoms with Gasteiger partial charge in [-0.05, 0) is 24.6 Å². The van der Waals surface area contributed by atoms with Crippen molar-refractivity contribution in [2.75, 3.05) is 5.32 Å². The van der Waals surface area contributed by atoms with Crippen LogP contribution in [0.4, 0.5) is 14.5 Å². The quantitative estimate of drug-likeness (QED) is 0.909. The van der Waals surface area contributed by atoms with Crippen molar-refractivity contribution in [3.8, 4) is 0 Å². The van der Waals surface area contributed by atoms with Crippen molar-refractivity contribution in [3.05, 3.63) is 24.4 Å². The molecule has 0 spiro atoms. The molecule has 0 atom stereocenters. The molecule has 1 N–H and O–H groups in total. The van der Waals surface area contributed by atoms with Gasteiger partial charge in [-0.25, -0.2) is 4.68 Å². The van der Waals surface area contributed by atoms with Crippen molar-refractivity contribution in [1.82, 2.24) is 9.78 Å². The van der Waals surface area contributed by atoms with Crippen LogP contribution < -0.4 is 5.32 Å². The number of alkyl halides is 2. The Balaban J connectivity index is 2.24. The molecule has 1 aromatic carbocycles. The summed E-state index contributed by atoms with van der Waals surface area (Å²) in [5, 5.41) is 7.01. The Labute approximate surface area is 103 Å². The molecule has 0 aliphatic carbocycles. The molecule has 0 aliphatic heterocycles. The van der Waals surface area contributed by atoms with Crippen molar-refractivity contribution in [2.24, 2.45) is 0 Å². The highest BCUT2D eigenvalue weighted by Crippen LogP contribution is 2.20. The molecule has 2 rings (SSSR count). The highest BCUT2D eigenvalue weighted by Gasteiger charge is 2.09. The zero-order valence-electron chi connectivity index (χ0n) is 9.86. The van der Waals surface area contributed by atoms with Gasteiger partial charge in [0.25, 0.3) is 0 Å². The molecule has 1 heterocycles. The van der Waals surface area contributed by atoms with Crippen LogP contribution >= 0.6 is 0 Å². The van der Waals surface area contributed by atoms with E-state index in [9.17, 15) is 13.6 Å². The maximum Gasteiger partial charge on any atom is 0.333 e. The lowest BCUT2D eigenvalue weighted by Crippen LogP contribution is -2.10. The molecule has 6 heteroatoms. The lowest BCUT2D eigenvalue weighted by molar-refractivity contribution is -0.116. The maximum absolute atomic E-state index is 12.4. The van der Waals surface area contributed by atoms with Crippen molar-refractivity contribution in [2.45, 2.75) is 26.3 Å². The summed E-state index contributed by atoms with van der Waals surface area (Å²) in [6, 6.07) is 4.89. The summed E-state index contributed by atoms with van der Waals surface area (Å²) in [6.45, 7) is -0.745. The third-order valence-electron chi connectivity index (χ3n) is 2.48. The first kappa shape index (κ1) is 12.5. The van der Waals surface area contributed by atoms with E-state index in [1.807, 2.05) is 6.92 Å². The second-order valence-corrected chi connectivity index (χ2v) is 3.96. The number of amides is 1. The molecule has 0 saturated carbocycles. The van der Waals surface area contributed by atoms with Gasteiger partial charge in [-0.1, -0.05) is 6.92 Å². The van der Waals surface area contributed by atoms with Gasteiger partial charge in [0, 0.05) is 23.7 Å². The largest absolute Gasteiger partial charge is 0.333 e. The molecule has 4 nitrogen and oxygen atoms in total. The molecular formula is C12H13F2N3O. The van der Waals surface area contributed by atoms with E-state index in [1.54, 1.807) is 18.2 Å². The Morgan fingerprint density at radius 2 is 2.28 bits per heavy atom. The molecule has 1 amide bonds. The molecule has 96 valence electrons. The van der Waals surface area contributed by atoms with Crippen LogP contribution in [0.1, 0.15) is 26.3 Å². The Hall–Kier alpha value is -1.98. The molecule has 0 radical (unpaired) electrons. The van der Waals surface area contributed by atoms with E-state index in [-0.39, 0.29) is 5.91 Å². The minimum Gasteiger partial charge on any atom is -0.326 e. The molecule has 0 fully saturated rings. The zero-order valence-corrected chi connectivity index (χ0v) is 9.86. The van der Waals surface area contributed by atoms with E-state index in [2.05, 4.69) is 10.4 Å². The van der Waals surface area contributed by atoms with Crippen molar-refractivity contribution in [3.63, 3.8) is 0 Å². The van der Waals surface area contributed by atoms with Crippen LogP contribution in [0.5, 0.6) is 0 Å². The molecule has 2 aromatic rings. The second-order valence-electron chi connectivity index (χ2n) is 3.96. The smallest absolute Gasteiger partial charge is 0.326 e. The minimum atomic E-state index is -2.66. The van der Waals surface area contributed by atoms with Gasteiger partial charge in [-0.3, -0.25) is 4.79 Å². The highest BCUT2D eigenvalue weighted by atomic mass is 19.3. The van der Waals surface area contributed by atoms with E-state index < -0.39 is 6.55 Å². The second kappa shape index (κ2) is 5.12. The molecule has 18 heavy (non-hydrogen) atoms. The van der Waals surface area contributed by atoms with Crippen LogP contribution in [0.25, 0.3) is 10.9 Å². The molecule has 0 bridgehead atoms. The number of carbonyl (C=O) groups excluding carboxylic acids is 1. The molecular weight excluding hydrogens is 240 g/mol. The normalized spacial score (nSPS) is 11.1. The SMILES string of the molecule is CCCC(=O)Nc1ccc2nn(C(F)F)cc2c1. The number of aromatic nitrogens is 2. The summed E-state index contributed by atoms with van der Waals surface area (Å²) in [7, 11) is 0. The molecule has 0 saturated heterocycles. The Kier molecular flexibility index (Phi) is 3.55. The zero-order chi connectivity index (χ0) is 13.1. The van der Waals surface area contributed by atoms with Crippen LogP contribution in [-0.2, 0) is 4.79 Å². The van der Waals surface area contributed by atoms with E-state index in [0.29, 0.717) is 27.7 Å². The molecule has 1 aromatic heterocycles. The average Bonchev–Trinajstić information content (AvgIpc) is 2.72. The van der Waals surface area contributed by atoms with Gasteiger partial charge in [0.1, 0.15) is 0 Å². The van der Waals surface area contributed by atoms with Crippen molar-refractivity contribution >= 4 is 22.5 Å². The Morgan fingerprint density at radius 3 is 2.94 bits per heavy atom. The van der Waals surface area contributed by atoms with E-state index >= 15 is 0 Å². The fourth-order valence-corrected chi connectivity index (χ4v) is 1.67. The number of nitrogens with one attached hydrogen (secondary N) is 1. The van der Waals surface area contributed by atoms with E-state index in [4.69, 9.17) is 0 Å². The fraction of sp³-hybridized carbons (Fsp3) is 0.333. The van der Waals surface area contributed by atoms with Crippen LogP contribution in [0.15, 0.2) is 24.4 Å². The van der Waals surface area contributed by atoms with Gasteiger partial charge in [-0.2, -0.15) is 13.9 Å². The number of hydrogen-bond acceptors (Lipinski definition) is 2. The monoisotopic (exact) mass is 253 g/mol. The van der Waals surface area contributed by atoms with Gasteiger partial charge < -0.3 is 5.32 Å². The number of fused-ring (bicyclic) bond motifs is 1. The van der Waals surface area contributed by atoms with Gasteiger partial charge in [-0.15, -0.1) is 0 Å². The van der Waals surface area contributed by atoms with Crippen molar-refractivity contribution in [1.29, 1.82) is 0 Å². The molecule has 0 unspecified atom stereocenters. The van der Waals surface area contributed by atoms with Gasteiger partial charge in [0.2, 0.25) is 5.91 Å². The third kappa shape index (κ3) is 2.64. The Bertz CT molecular complexity index is 565. The van der Waals surface area contributed by atoms with Crippen LogP contribution in [0, 0.1) is 0 Å². The first-order valence-corrected chi connectivity index (χ1v) is 5.67. The summed E-state index contributed by atoms with van der Waals surface area (Å²) < 4.78 is 25.5. The highest BCUT2D eigenvalue weighted by molar-refractivity contribution is 5.93. The van der Waals surface area contributed by atoms with Gasteiger partial charge in [0.05, 0.1) is 5.52 Å². The minimum absolute atomic E-state index is 0.0851. The first-order valence-electron chi connectivity index (χ1n) is 5.67. The number of halogens is 2. The predicted molar refractivity (Wildman–Crippen MR) is 64.5 cm³/mol. The summed E-state index contributed by atoms with van der Waals surface area (Å²) >= 11 is 0. The average molecular weight is 253 g/mol. The van der Waals surface area contributed by atoms with Crippen LogP contribution in [0.3, 0.4) is 0 Å². The number of benzene rings is 1. The van der Waals surface area contributed by atoms with Crippen molar-refractivity contribution < 1.29 is 13.6 Å². The van der Waals surface area contributed by atoms with Gasteiger partial charge >= 0.3 is 6.55 Å². The Morgan fingerprint density at radius 1 is 1.50 bits per heavy atom. The van der Waals surface area contributed by atoms with Crippen LogP contribution in [-0.4, -0.2) is 15.7 Å². The fourth-order valence-electron chi connectivity index (χ4n) is 1.67. The number of anilines is 1. The number of carbonyl (C=O) groups is 1. The van der Waals surface area contributed by atoms with E-state index in [1.165, 1.54) is 6.20 Å². The maximum atomic E-state index is 12.4. The summed E-state index contributed by atoms with van der Waals surface area (Å²) in [5.41, 5.74) is 1.07. The van der Waals surface area contributed by atoms with Crippen LogP contribution in [0.2, 0.25) is 0 Å². The lowest BCUT2D eigenvalue weighted by Gasteiger charge is -2.03. The number of nitrogens with zero attached hydrogens (tertiary/aromatic N) is 2.